The van der Waals surface area contributed by atoms with Crippen molar-refractivity contribution < 1.29 is 4.42 Å². The van der Waals surface area contributed by atoms with Gasteiger partial charge in [-0.2, -0.15) is 0 Å². The molecule has 0 unspecified atom stereocenters. The van der Waals surface area contributed by atoms with Crippen LogP contribution in [0.15, 0.2) is 41.2 Å². The lowest BCUT2D eigenvalue weighted by molar-refractivity contribution is 0.563. The van der Waals surface area contributed by atoms with Gasteiger partial charge in [-0.3, -0.25) is 0 Å². The van der Waals surface area contributed by atoms with Gasteiger partial charge in [-0.15, -0.1) is 0 Å². The second kappa shape index (κ2) is 5.94. The zero-order chi connectivity index (χ0) is 13.0. The van der Waals surface area contributed by atoms with E-state index in [0.29, 0.717) is 6.54 Å². The van der Waals surface area contributed by atoms with E-state index in [-0.39, 0.29) is 0 Å². The molecule has 18 heavy (non-hydrogen) atoms. The summed E-state index contributed by atoms with van der Waals surface area (Å²) in [6.07, 6.45) is 4.24. The molecule has 1 aromatic carbocycles. The fourth-order valence-electron chi connectivity index (χ4n) is 1.88. The van der Waals surface area contributed by atoms with E-state index in [1.54, 1.807) is 12.5 Å². The average Bonchev–Trinajstić information content (AvgIpc) is 2.84. The Morgan fingerprint density at radius 3 is 2.78 bits per heavy atom. The Morgan fingerprint density at radius 2 is 2.17 bits per heavy atom. The summed E-state index contributed by atoms with van der Waals surface area (Å²) in [5.41, 5.74) is 8.86. The van der Waals surface area contributed by atoms with Gasteiger partial charge in [-0.25, -0.2) is 0 Å². The highest BCUT2D eigenvalue weighted by Gasteiger charge is 2.06. The molecule has 0 saturated carbocycles. The number of hydrogen-bond donors (Lipinski definition) is 1. The number of nitrogens with zero attached hydrogens (tertiary/aromatic N) is 1. The van der Waals surface area contributed by atoms with Crippen LogP contribution in [-0.2, 0) is 13.0 Å². The number of nitrogens with two attached hydrogens (primary N) is 1. The van der Waals surface area contributed by atoms with Crippen LogP contribution in [0.2, 0.25) is 5.02 Å². The molecule has 0 aliphatic rings. The number of benzene rings is 1. The molecule has 0 radical (unpaired) electrons. The minimum absolute atomic E-state index is 0.615. The monoisotopic (exact) mass is 264 g/mol. The zero-order valence-corrected chi connectivity index (χ0v) is 11.2. The van der Waals surface area contributed by atoms with Crippen LogP contribution in [0.25, 0.3) is 0 Å². The Hall–Kier alpha value is -1.45. The van der Waals surface area contributed by atoms with Crippen molar-refractivity contribution in [3.05, 3.63) is 52.9 Å². The molecule has 2 aromatic rings. The maximum atomic E-state index is 6.23. The molecule has 0 spiro atoms. The fraction of sp³-hybridized carbons (Fsp3) is 0.286. The van der Waals surface area contributed by atoms with E-state index in [9.17, 15) is 0 Å². The summed E-state index contributed by atoms with van der Waals surface area (Å²) in [7, 11) is 2.03. The minimum Gasteiger partial charge on any atom is -0.472 e. The molecule has 2 rings (SSSR count). The molecule has 0 aliphatic heterocycles. The molecule has 2 N–H and O–H groups in total. The van der Waals surface area contributed by atoms with Gasteiger partial charge in [0, 0.05) is 29.9 Å². The van der Waals surface area contributed by atoms with Crippen LogP contribution in [0, 0.1) is 0 Å². The molecular weight excluding hydrogens is 248 g/mol. The molecule has 0 bridgehead atoms. The third-order valence-electron chi connectivity index (χ3n) is 2.89. The first-order valence-electron chi connectivity index (χ1n) is 5.91. The normalized spacial score (nSPS) is 10.6. The van der Waals surface area contributed by atoms with Crippen molar-refractivity contribution in [3.63, 3.8) is 0 Å². The average molecular weight is 265 g/mol. The highest BCUT2D eigenvalue weighted by molar-refractivity contribution is 6.31. The van der Waals surface area contributed by atoms with Gasteiger partial charge in [0.2, 0.25) is 0 Å². The van der Waals surface area contributed by atoms with E-state index in [2.05, 4.69) is 11.0 Å². The topological polar surface area (TPSA) is 42.4 Å². The Morgan fingerprint density at radius 1 is 1.33 bits per heavy atom. The Labute approximate surface area is 112 Å². The summed E-state index contributed by atoms with van der Waals surface area (Å²) >= 11 is 6.23. The molecule has 3 nitrogen and oxygen atoms in total. The first-order chi connectivity index (χ1) is 8.70. The van der Waals surface area contributed by atoms with Crippen molar-refractivity contribution in [1.29, 1.82) is 0 Å². The third kappa shape index (κ3) is 3.06. The van der Waals surface area contributed by atoms with Crippen molar-refractivity contribution in [2.24, 2.45) is 5.73 Å². The molecule has 0 fully saturated rings. The highest BCUT2D eigenvalue weighted by Crippen LogP contribution is 2.24. The highest BCUT2D eigenvalue weighted by atomic mass is 35.5. The SMILES string of the molecule is CN(Cc1ccoc1)c1ccc(CCN)c(Cl)c1. The number of rotatable bonds is 5. The predicted molar refractivity (Wildman–Crippen MR) is 75.0 cm³/mol. The summed E-state index contributed by atoms with van der Waals surface area (Å²) in [6.45, 7) is 1.41. The molecule has 0 aliphatic carbocycles. The number of anilines is 1. The standard InChI is InChI=1S/C14H17ClN2O/c1-17(9-11-5-7-18-10-11)13-3-2-12(4-6-16)14(15)8-13/h2-3,5,7-8,10H,4,6,9,16H2,1H3. The van der Waals surface area contributed by atoms with Gasteiger partial charge in [-0.1, -0.05) is 17.7 Å². The molecule has 0 atom stereocenters. The van der Waals surface area contributed by atoms with Crippen molar-refractivity contribution in [3.8, 4) is 0 Å². The van der Waals surface area contributed by atoms with Crippen LogP contribution in [0.1, 0.15) is 11.1 Å². The first-order valence-corrected chi connectivity index (χ1v) is 6.29. The second-order valence-corrected chi connectivity index (χ2v) is 4.71. The van der Waals surface area contributed by atoms with Crippen LogP contribution in [-0.4, -0.2) is 13.6 Å². The molecule has 0 saturated heterocycles. The van der Waals surface area contributed by atoms with E-state index in [0.717, 1.165) is 34.8 Å². The van der Waals surface area contributed by atoms with Crippen molar-refractivity contribution >= 4 is 17.3 Å². The van der Waals surface area contributed by atoms with Gasteiger partial charge in [-0.05, 0) is 36.7 Å². The quantitative estimate of drug-likeness (QED) is 0.903. The van der Waals surface area contributed by atoms with Crippen molar-refractivity contribution in [2.75, 3.05) is 18.5 Å². The van der Waals surface area contributed by atoms with Crippen LogP contribution in [0.5, 0.6) is 0 Å². The fourth-order valence-corrected chi connectivity index (χ4v) is 2.15. The maximum Gasteiger partial charge on any atom is 0.0952 e. The molecular formula is C14H17ClN2O. The van der Waals surface area contributed by atoms with Crippen LogP contribution in [0.3, 0.4) is 0 Å². The van der Waals surface area contributed by atoms with Gasteiger partial charge in [0.25, 0.3) is 0 Å². The van der Waals surface area contributed by atoms with Crippen molar-refractivity contribution in [2.45, 2.75) is 13.0 Å². The second-order valence-electron chi connectivity index (χ2n) is 4.30. The van der Waals surface area contributed by atoms with Gasteiger partial charge < -0.3 is 15.1 Å². The third-order valence-corrected chi connectivity index (χ3v) is 3.24. The predicted octanol–water partition coefficient (Wildman–Crippen LogP) is 3.07. The minimum atomic E-state index is 0.615. The Kier molecular flexibility index (Phi) is 4.28. The smallest absolute Gasteiger partial charge is 0.0952 e. The van der Waals surface area contributed by atoms with Gasteiger partial charge in [0.1, 0.15) is 0 Å². The van der Waals surface area contributed by atoms with E-state index < -0.39 is 0 Å². The van der Waals surface area contributed by atoms with E-state index in [4.69, 9.17) is 21.8 Å². The lowest BCUT2D eigenvalue weighted by atomic mass is 10.1. The Bertz CT molecular complexity index is 497. The maximum absolute atomic E-state index is 6.23. The van der Waals surface area contributed by atoms with Gasteiger partial charge >= 0.3 is 0 Å². The zero-order valence-electron chi connectivity index (χ0n) is 10.4. The van der Waals surface area contributed by atoms with Crippen LogP contribution < -0.4 is 10.6 Å². The first kappa shape index (κ1) is 13.0. The van der Waals surface area contributed by atoms with E-state index >= 15 is 0 Å². The summed E-state index contributed by atoms with van der Waals surface area (Å²) in [5.74, 6) is 0. The van der Waals surface area contributed by atoms with Crippen LogP contribution in [0.4, 0.5) is 5.69 Å². The summed E-state index contributed by atoms with van der Waals surface area (Å²) in [6, 6.07) is 8.04. The summed E-state index contributed by atoms with van der Waals surface area (Å²) in [4.78, 5) is 2.13. The van der Waals surface area contributed by atoms with Crippen LogP contribution >= 0.6 is 11.6 Å². The van der Waals surface area contributed by atoms with Gasteiger partial charge in [0.05, 0.1) is 12.5 Å². The number of furan rings is 1. The number of halogens is 1. The van der Waals surface area contributed by atoms with Crippen molar-refractivity contribution in [1.82, 2.24) is 0 Å². The lowest BCUT2D eigenvalue weighted by Gasteiger charge is -2.19. The molecule has 4 heteroatoms. The molecule has 0 amide bonds. The summed E-state index contributed by atoms with van der Waals surface area (Å²) < 4.78 is 5.06. The number of hydrogen-bond acceptors (Lipinski definition) is 3. The van der Waals surface area contributed by atoms with Gasteiger partial charge in [0.15, 0.2) is 0 Å². The molecule has 96 valence electrons. The molecule has 1 heterocycles. The van der Waals surface area contributed by atoms with E-state index in [1.165, 1.54) is 0 Å². The Balaban J connectivity index is 2.11. The lowest BCUT2D eigenvalue weighted by Crippen LogP contribution is -2.16. The molecule has 1 aromatic heterocycles. The van der Waals surface area contributed by atoms with E-state index in [1.807, 2.05) is 25.2 Å². The summed E-state index contributed by atoms with van der Waals surface area (Å²) in [5, 5.41) is 0.775. The largest absolute Gasteiger partial charge is 0.472 e.